The Kier molecular flexibility index (Phi) is 1.88. The van der Waals surface area contributed by atoms with E-state index in [4.69, 9.17) is 5.11 Å². The van der Waals surface area contributed by atoms with Crippen LogP contribution < -0.4 is 5.32 Å². The Bertz CT molecular complexity index is 333. The van der Waals surface area contributed by atoms with Crippen molar-refractivity contribution >= 4 is 11.8 Å². The van der Waals surface area contributed by atoms with Crippen LogP contribution in [-0.4, -0.2) is 32.6 Å². The van der Waals surface area contributed by atoms with Crippen LogP contribution in [0.1, 0.15) is 23.3 Å². The molecule has 2 N–H and O–H groups in total. The molecule has 0 amide bonds. The van der Waals surface area contributed by atoms with Crippen molar-refractivity contribution in [2.75, 3.05) is 11.9 Å². The number of aromatic nitrogens is 3. The lowest BCUT2D eigenvalue weighted by Crippen LogP contribution is -2.07. The zero-order chi connectivity index (χ0) is 9.26. The molecule has 0 saturated carbocycles. The van der Waals surface area contributed by atoms with E-state index in [1.807, 2.05) is 0 Å². The number of hydrogen-bond donors (Lipinski definition) is 2. The van der Waals surface area contributed by atoms with Crippen molar-refractivity contribution in [2.45, 2.75) is 19.4 Å². The maximum Gasteiger partial charge on any atom is 0.360 e. The quantitative estimate of drug-likeness (QED) is 0.647. The smallest absolute Gasteiger partial charge is 0.360 e. The molecule has 0 spiro atoms. The van der Waals surface area contributed by atoms with Gasteiger partial charge in [0.05, 0.1) is 0 Å². The molecule has 0 bridgehead atoms. The summed E-state index contributed by atoms with van der Waals surface area (Å²) in [6, 6.07) is 0. The second kappa shape index (κ2) is 3.04. The second-order valence-corrected chi connectivity index (χ2v) is 2.95. The number of rotatable bonds is 1. The van der Waals surface area contributed by atoms with E-state index >= 15 is 0 Å². The highest BCUT2D eigenvalue weighted by molar-refractivity contribution is 5.90. The van der Waals surface area contributed by atoms with E-state index in [1.54, 1.807) is 4.68 Å². The molecule has 1 aliphatic heterocycles. The summed E-state index contributed by atoms with van der Waals surface area (Å²) in [5, 5.41) is 19.1. The van der Waals surface area contributed by atoms with Gasteiger partial charge in [0, 0.05) is 13.1 Å². The largest absolute Gasteiger partial charge is 0.476 e. The topological polar surface area (TPSA) is 80.0 Å². The Hall–Kier alpha value is -1.59. The molecule has 0 atom stereocenters. The van der Waals surface area contributed by atoms with Crippen LogP contribution in [0, 0.1) is 0 Å². The fourth-order valence-electron chi connectivity index (χ4n) is 1.38. The Morgan fingerprint density at radius 3 is 3.15 bits per heavy atom. The molecule has 0 radical (unpaired) electrons. The number of nitrogens with zero attached hydrogens (tertiary/aromatic N) is 3. The van der Waals surface area contributed by atoms with E-state index in [9.17, 15) is 4.79 Å². The van der Waals surface area contributed by atoms with Crippen molar-refractivity contribution in [3.05, 3.63) is 5.69 Å². The molecule has 0 saturated heterocycles. The van der Waals surface area contributed by atoms with E-state index in [0.717, 1.165) is 25.9 Å². The fourth-order valence-corrected chi connectivity index (χ4v) is 1.38. The Morgan fingerprint density at radius 2 is 2.38 bits per heavy atom. The van der Waals surface area contributed by atoms with Gasteiger partial charge in [-0.15, -0.1) is 5.10 Å². The molecule has 6 heteroatoms. The van der Waals surface area contributed by atoms with Crippen LogP contribution in [0.5, 0.6) is 0 Å². The van der Waals surface area contributed by atoms with Gasteiger partial charge >= 0.3 is 5.97 Å². The highest BCUT2D eigenvalue weighted by atomic mass is 16.4. The van der Waals surface area contributed by atoms with E-state index in [0.29, 0.717) is 5.82 Å². The number of fused-ring (bicyclic) bond motifs is 1. The Labute approximate surface area is 74.6 Å². The van der Waals surface area contributed by atoms with Gasteiger partial charge in [-0.25, -0.2) is 9.48 Å². The molecule has 1 aliphatic rings. The van der Waals surface area contributed by atoms with Gasteiger partial charge in [0.15, 0.2) is 5.82 Å². The Morgan fingerprint density at radius 1 is 1.54 bits per heavy atom. The van der Waals surface area contributed by atoms with Crippen LogP contribution in [0.15, 0.2) is 0 Å². The summed E-state index contributed by atoms with van der Waals surface area (Å²) in [6.45, 7) is 1.52. The number of hydrogen-bond acceptors (Lipinski definition) is 4. The number of aryl methyl sites for hydroxylation is 1. The molecular weight excluding hydrogens is 172 g/mol. The maximum absolute atomic E-state index is 10.7. The lowest BCUT2D eigenvalue weighted by molar-refractivity contribution is 0.0691. The van der Waals surface area contributed by atoms with Gasteiger partial charge in [0.25, 0.3) is 0 Å². The monoisotopic (exact) mass is 182 g/mol. The molecule has 2 rings (SSSR count). The fraction of sp³-hybridized carbons (Fsp3) is 0.571. The molecule has 70 valence electrons. The number of carboxylic acids is 1. The number of anilines is 1. The minimum absolute atomic E-state index is 0.0156. The number of aromatic carboxylic acids is 1. The summed E-state index contributed by atoms with van der Waals surface area (Å²) in [7, 11) is 0. The van der Waals surface area contributed by atoms with Gasteiger partial charge < -0.3 is 10.4 Å². The summed E-state index contributed by atoms with van der Waals surface area (Å²) in [4.78, 5) is 10.7. The van der Waals surface area contributed by atoms with Gasteiger partial charge in [-0.3, -0.25) is 0 Å². The van der Waals surface area contributed by atoms with Crippen LogP contribution in [0.4, 0.5) is 5.82 Å². The molecule has 0 fully saturated rings. The van der Waals surface area contributed by atoms with E-state index < -0.39 is 5.97 Å². The minimum atomic E-state index is -1.03. The summed E-state index contributed by atoms with van der Waals surface area (Å²) in [5.41, 5.74) is 0.0156. The summed E-state index contributed by atoms with van der Waals surface area (Å²) in [5.74, 6) is -0.499. The molecule has 2 heterocycles. The van der Waals surface area contributed by atoms with Gasteiger partial charge in [-0.05, 0) is 12.8 Å². The second-order valence-electron chi connectivity index (χ2n) is 2.95. The highest BCUT2D eigenvalue weighted by Crippen LogP contribution is 2.16. The van der Waals surface area contributed by atoms with Crippen molar-refractivity contribution in [3.8, 4) is 0 Å². The molecule has 0 aliphatic carbocycles. The van der Waals surface area contributed by atoms with E-state index in [1.165, 1.54) is 0 Å². The van der Waals surface area contributed by atoms with Crippen molar-refractivity contribution in [1.82, 2.24) is 15.0 Å². The third-order valence-corrected chi connectivity index (χ3v) is 2.03. The number of carbonyl (C=O) groups is 1. The van der Waals surface area contributed by atoms with Crippen molar-refractivity contribution in [1.29, 1.82) is 0 Å². The van der Waals surface area contributed by atoms with Crippen LogP contribution in [-0.2, 0) is 6.54 Å². The van der Waals surface area contributed by atoms with Gasteiger partial charge in [0.1, 0.15) is 0 Å². The first kappa shape index (κ1) is 8.03. The summed E-state index contributed by atoms with van der Waals surface area (Å²) in [6.07, 6.45) is 2.03. The third kappa shape index (κ3) is 1.34. The predicted molar refractivity (Wildman–Crippen MR) is 44.7 cm³/mol. The Balaban J connectivity index is 2.39. The van der Waals surface area contributed by atoms with Crippen LogP contribution in [0.2, 0.25) is 0 Å². The molecule has 6 nitrogen and oxygen atoms in total. The third-order valence-electron chi connectivity index (χ3n) is 2.03. The first-order valence-electron chi connectivity index (χ1n) is 4.19. The van der Waals surface area contributed by atoms with Crippen LogP contribution in [0.25, 0.3) is 0 Å². The zero-order valence-electron chi connectivity index (χ0n) is 7.03. The van der Waals surface area contributed by atoms with E-state index in [2.05, 4.69) is 15.6 Å². The normalized spacial score (nSPS) is 15.7. The van der Waals surface area contributed by atoms with Crippen LogP contribution in [0.3, 0.4) is 0 Å². The molecule has 1 aromatic heterocycles. The zero-order valence-corrected chi connectivity index (χ0v) is 7.03. The highest BCUT2D eigenvalue weighted by Gasteiger charge is 2.19. The maximum atomic E-state index is 10.7. The van der Waals surface area contributed by atoms with Gasteiger partial charge in [0.2, 0.25) is 5.69 Å². The van der Waals surface area contributed by atoms with E-state index in [-0.39, 0.29) is 5.69 Å². The SMILES string of the molecule is O=C(O)c1nnn2c1NCCCC2. The standard InChI is InChI=1S/C7H10N4O2/c12-7(13)5-6-8-3-1-2-4-11(6)10-9-5/h8H,1-4H2,(H,12,13). The average Bonchev–Trinajstić information content (AvgIpc) is 2.36. The first-order valence-corrected chi connectivity index (χ1v) is 4.19. The average molecular weight is 182 g/mol. The van der Waals surface area contributed by atoms with Gasteiger partial charge in [-0.2, -0.15) is 0 Å². The summed E-state index contributed by atoms with van der Waals surface area (Å²) >= 11 is 0. The van der Waals surface area contributed by atoms with Crippen molar-refractivity contribution in [3.63, 3.8) is 0 Å². The van der Waals surface area contributed by atoms with Crippen molar-refractivity contribution in [2.24, 2.45) is 0 Å². The van der Waals surface area contributed by atoms with Crippen molar-refractivity contribution < 1.29 is 9.90 Å². The van der Waals surface area contributed by atoms with Crippen LogP contribution >= 0.6 is 0 Å². The molecule has 0 unspecified atom stereocenters. The molecule has 0 aromatic carbocycles. The minimum Gasteiger partial charge on any atom is -0.476 e. The lowest BCUT2D eigenvalue weighted by Gasteiger charge is -2.01. The molecular formula is C7H10N4O2. The number of carboxylic acid groups (broad SMARTS) is 1. The molecule has 13 heavy (non-hydrogen) atoms. The molecule has 1 aromatic rings. The lowest BCUT2D eigenvalue weighted by atomic mass is 10.3. The summed E-state index contributed by atoms with van der Waals surface area (Å²) < 4.78 is 1.61. The number of nitrogens with one attached hydrogen (secondary N) is 1. The van der Waals surface area contributed by atoms with Gasteiger partial charge in [-0.1, -0.05) is 5.21 Å². The first-order chi connectivity index (χ1) is 6.29. The predicted octanol–water partition coefficient (Wildman–Crippen LogP) is 0.182.